The predicted octanol–water partition coefficient (Wildman–Crippen LogP) is 1.93. The topological polar surface area (TPSA) is 53.0 Å². The highest BCUT2D eigenvalue weighted by Gasteiger charge is 2.26. The van der Waals surface area contributed by atoms with Gasteiger partial charge in [-0.2, -0.15) is 5.26 Å². The Morgan fingerprint density at radius 2 is 2.27 bits per heavy atom. The van der Waals surface area contributed by atoms with E-state index in [2.05, 4.69) is 18.0 Å². The quantitative estimate of drug-likeness (QED) is 0.760. The molecule has 15 heavy (non-hydrogen) atoms. The molecule has 0 amide bonds. The van der Waals surface area contributed by atoms with Gasteiger partial charge in [0, 0.05) is 24.5 Å². The van der Waals surface area contributed by atoms with E-state index in [0.29, 0.717) is 18.2 Å². The fourth-order valence-corrected chi connectivity index (χ4v) is 1.72. The van der Waals surface area contributed by atoms with Crippen LogP contribution in [0.3, 0.4) is 0 Å². The Labute approximate surface area is 90.1 Å². The van der Waals surface area contributed by atoms with E-state index in [-0.39, 0.29) is 0 Å². The summed E-state index contributed by atoms with van der Waals surface area (Å²) in [5.74, 6) is 0. The number of anilines is 2. The number of rotatable bonds is 3. The van der Waals surface area contributed by atoms with Crippen LogP contribution in [-0.4, -0.2) is 13.1 Å². The maximum absolute atomic E-state index is 8.68. The Morgan fingerprint density at radius 3 is 2.87 bits per heavy atom. The molecule has 1 aromatic carbocycles. The second-order valence-corrected chi connectivity index (χ2v) is 4.06. The molecular weight excluding hydrogens is 186 g/mol. The lowest BCUT2D eigenvalue weighted by molar-refractivity contribution is 0.916. The second-order valence-electron chi connectivity index (χ2n) is 4.06. The molecule has 2 N–H and O–H groups in total. The molecule has 0 unspecified atom stereocenters. The molecule has 3 nitrogen and oxygen atoms in total. The number of nitrogen functional groups attached to an aromatic ring is 1. The van der Waals surface area contributed by atoms with Crippen molar-refractivity contribution in [3.05, 3.63) is 23.8 Å². The van der Waals surface area contributed by atoms with Gasteiger partial charge in [-0.05, 0) is 36.6 Å². The molecule has 78 valence electrons. The molecule has 1 aliphatic rings. The summed E-state index contributed by atoms with van der Waals surface area (Å²) >= 11 is 0. The fourth-order valence-electron chi connectivity index (χ4n) is 1.72. The van der Waals surface area contributed by atoms with Crippen LogP contribution in [0.1, 0.15) is 18.4 Å². The number of benzene rings is 1. The van der Waals surface area contributed by atoms with Gasteiger partial charge in [0.1, 0.15) is 0 Å². The van der Waals surface area contributed by atoms with E-state index in [0.717, 1.165) is 11.3 Å². The first-order valence-corrected chi connectivity index (χ1v) is 5.20. The Balaban J connectivity index is 2.25. The average molecular weight is 201 g/mol. The first-order chi connectivity index (χ1) is 7.22. The first-order valence-electron chi connectivity index (χ1n) is 5.20. The van der Waals surface area contributed by atoms with Gasteiger partial charge in [0.2, 0.25) is 0 Å². The largest absolute Gasteiger partial charge is 0.398 e. The van der Waals surface area contributed by atoms with Crippen molar-refractivity contribution in [2.24, 2.45) is 0 Å². The molecule has 1 saturated carbocycles. The number of nitriles is 1. The van der Waals surface area contributed by atoms with E-state index in [9.17, 15) is 0 Å². The van der Waals surface area contributed by atoms with Crippen LogP contribution in [0.2, 0.25) is 0 Å². The van der Waals surface area contributed by atoms with Gasteiger partial charge in [-0.15, -0.1) is 0 Å². The van der Waals surface area contributed by atoms with Crippen LogP contribution in [0.15, 0.2) is 18.2 Å². The zero-order chi connectivity index (χ0) is 10.8. The molecule has 2 rings (SSSR count). The summed E-state index contributed by atoms with van der Waals surface area (Å²) in [4.78, 5) is 2.26. The van der Waals surface area contributed by atoms with Crippen molar-refractivity contribution >= 4 is 11.4 Å². The molecule has 1 aromatic rings. The summed E-state index contributed by atoms with van der Waals surface area (Å²) in [7, 11) is 2.10. The van der Waals surface area contributed by atoms with Crippen LogP contribution in [0.4, 0.5) is 11.4 Å². The first kappa shape index (κ1) is 9.85. The van der Waals surface area contributed by atoms with Crippen molar-refractivity contribution in [3.8, 4) is 6.07 Å². The molecule has 1 aliphatic carbocycles. The van der Waals surface area contributed by atoms with E-state index in [1.54, 1.807) is 0 Å². The van der Waals surface area contributed by atoms with Crippen molar-refractivity contribution in [2.45, 2.75) is 25.3 Å². The average Bonchev–Trinajstić information content (AvgIpc) is 3.04. The van der Waals surface area contributed by atoms with Crippen molar-refractivity contribution in [1.82, 2.24) is 0 Å². The molecule has 0 atom stereocenters. The summed E-state index contributed by atoms with van der Waals surface area (Å²) in [5, 5.41) is 8.68. The zero-order valence-electron chi connectivity index (χ0n) is 8.90. The van der Waals surface area contributed by atoms with Crippen molar-refractivity contribution in [1.29, 1.82) is 5.26 Å². The third kappa shape index (κ3) is 2.04. The Morgan fingerprint density at radius 1 is 1.53 bits per heavy atom. The van der Waals surface area contributed by atoms with Gasteiger partial charge in [0.25, 0.3) is 0 Å². The van der Waals surface area contributed by atoms with Gasteiger partial charge in [-0.3, -0.25) is 0 Å². The van der Waals surface area contributed by atoms with Gasteiger partial charge < -0.3 is 10.6 Å². The van der Waals surface area contributed by atoms with Crippen LogP contribution in [-0.2, 0) is 6.42 Å². The SMILES string of the molecule is CN(c1ccc(N)c(CC#N)c1)C1CC1. The molecule has 0 spiro atoms. The maximum Gasteiger partial charge on any atom is 0.0670 e. The monoisotopic (exact) mass is 201 g/mol. The predicted molar refractivity (Wildman–Crippen MR) is 61.6 cm³/mol. The molecule has 0 heterocycles. The smallest absolute Gasteiger partial charge is 0.0670 e. The maximum atomic E-state index is 8.68. The third-order valence-corrected chi connectivity index (χ3v) is 2.90. The molecule has 0 aliphatic heterocycles. The van der Waals surface area contributed by atoms with Crippen LogP contribution >= 0.6 is 0 Å². The number of nitrogens with two attached hydrogens (primary N) is 1. The molecule has 0 saturated heterocycles. The van der Waals surface area contributed by atoms with Gasteiger partial charge >= 0.3 is 0 Å². The molecule has 0 bridgehead atoms. The third-order valence-electron chi connectivity index (χ3n) is 2.90. The van der Waals surface area contributed by atoms with E-state index in [4.69, 9.17) is 11.0 Å². The minimum Gasteiger partial charge on any atom is -0.398 e. The Kier molecular flexibility index (Phi) is 2.51. The van der Waals surface area contributed by atoms with Crippen LogP contribution < -0.4 is 10.6 Å². The van der Waals surface area contributed by atoms with E-state index in [1.807, 2.05) is 18.2 Å². The highest BCUT2D eigenvalue weighted by Crippen LogP contribution is 2.31. The molecular formula is C12H15N3. The number of hydrogen-bond acceptors (Lipinski definition) is 3. The van der Waals surface area contributed by atoms with Crippen molar-refractivity contribution in [3.63, 3.8) is 0 Å². The lowest BCUT2D eigenvalue weighted by Gasteiger charge is -2.19. The van der Waals surface area contributed by atoms with Crippen molar-refractivity contribution in [2.75, 3.05) is 17.7 Å². The highest BCUT2D eigenvalue weighted by atomic mass is 15.2. The van der Waals surface area contributed by atoms with Crippen molar-refractivity contribution < 1.29 is 0 Å². The lowest BCUT2D eigenvalue weighted by Crippen LogP contribution is -2.19. The Bertz CT molecular complexity index is 402. The summed E-state index contributed by atoms with van der Waals surface area (Å²) in [6, 6.07) is 8.76. The van der Waals surface area contributed by atoms with E-state index in [1.165, 1.54) is 12.8 Å². The summed E-state index contributed by atoms with van der Waals surface area (Å²) in [5.41, 5.74) is 8.61. The van der Waals surface area contributed by atoms with Crippen LogP contribution in [0.25, 0.3) is 0 Å². The van der Waals surface area contributed by atoms with Gasteiger partial charge in [0.15, 0.2) is 0 Å². The molecule has 0 radical (unpaired) electrons. The zero-order valence-corrected chi connectivity index (χ0v) is 8.90. The lowest BCUT2D eigenvalue weighted by atomic mass is 10.1. The fraction of sp³-hybridized carbons (Fsp3) is 0.417. The van der Waals surface area contributed by atoms with Gasteiger partial charge in [-0.1, -0.05) is 0 Å². The summed E-state index contributed by atoms with van der Waals surface area (Å²) in [6.45, 7) is 0. The van der Waals surface area contributed by atoms with Crippen LogP contribution in [0.5, 0.6) is 0 Å². The van der Waals surface area contributed by atoms with Gasteiger partial charge in [-0.25, -0.2) is 0 Å². The van der Waals surface area contributed by atoms with E-state index >= 15 is 0 Å². The minimum atomic E-state index is 0.387. The molecule has 1 fully saturated rings. The minimum absolute atomic E-state index is 0.387. The highest BCUT2D eigenvalue weighted by molar-refractivity contribution is 5.59. The summed E-state index contributed by atoms with van der Waals surface area (Å²) < 4.78 is 0. The number of hydrogen-bond donors (Lipinski definition) is 1. The molecule has 3 heteroatoms. The number of nitrogens with zero attached hydrogens (tertiary/aromatic N) is 2. The van der Waals surface area contributed by atoms with E-state index < -0.39 is 0 Å². The Hall–Kier alpha value is -1.69. The standard InChI is InChI=1S/C12H15N3/c1-15(10-2-3-10)11-4-5-12(14)9(8-11)6-7-13/h4-5,8,10H,2-3,6,14H2,1H3. The molecule has 0 aromatic heterocycles. The second kappa shape index (κ2) is 3.82. The summed E-state index contributed by atoms with van der Waals surface area (Å²) in [6.07, 6.45) is 2.93. The van der Waals surface area contributed by atoms with Crippen LogP contribution in [0, 0.1) is 11.3 Å². The normalized spacial score (nSPS) is 14.7. The van der Waals surface area contributed by atoms with Gasteiger partial charge in [0.05, 0.1) is 12.5 Å².